The molecule has 1 aromatic rings. The third-order valence-corrected chi connectivity index (χ3v) is 2.61. The molecule has 0 saturated heterocycles. The third-order valence-electron chi connectivity index (χ3n) is 2.61. The number of terminal acetylenes is 1. The third kappa shape index (κ3) is 5.55. The van der Waals surface area contributed by atoms with E-state index < -0.39 is 0 Å². The summed E-state index contributed by atoms with van der Waals surface area (Å²) < 4.78 is 5.14. The van der Waals surface area contributed by atoms with Gasteiger partial charge in [-0.15, -0.1) is 12.3 Å². The summed E-state index contributed by atoms with van der Waals surface area (Å²) >= 11 is 0. The zero-order chi connectivity index (χ0) is 13.2. The van der Waals surface area contributed by atoms with Crippen molar-refractivity contribution in [3.8, 4) is 12.3 Å². The van der Waals surface area contributed by atoms with Crippen molar-refractivity contribution < 1.29 is 9.21 Å². The van der Waals surface area contributed by atoms with Crippen LogP contribution in [-0.2, 0) is 11.3 Å². The van der Waals surface area contributed by atoms with Crippen LogP contribution in [0.1, 0.15) is 31.9 Å². The number of unbranched alkanes of at least 4 members (excludes halogenated alkanes) is 2. The first kappa shape index (κ1) is 14.3. The number of carbonyl (C=O) groups is 1. The smallest absolute Gasteiger partial charge is 0.237 e. The second kappa shape index (κ2) is 8.37. The molecule has 1 aromatic heterocycles. The lowest BCUT2D eigenvalue weighted by molar-refractivity contribution is -0.123. The quantitative estimate of drug-likeness (QED) is 0.543. The fourth-order valence-electron chi connectivity index (χ4n) is 1.50. The molecule has 0 saturated carbocycles. The van der Waals surface area contributed by atoms with E-state index in [9.17, 15) is 4.79 Å². The van der Waals surface area contributed by atoms with Gasteiger partial charge in [0.1, 0.15) is 5.76 Å². The number of nitrogens with one attached hydrogen (secondary N) is 2. The van der Waals surface area contributed by atoms with E-state index in [0.717, 1.165) is 31.6 Å². The molecule has 0 radical (unpaired) electrons. The van der Waals surface area contributed by atoms with Crippen LogP contribution in [0.2, 0.25) is 0 Å². The van der Waals surface area contributed by atoms with Crippen molar-refractivity contribution in [2.75, 3.05) is 6.54 Å². The Balaban J connectivity index is 2.11. The average Bonchev–Trinajstić information content (AvgIpc) is 2.88. The molecule has 1 heterocycles. The maximum absolute atomic E-state index is 11.7. The fraction of sp³-hybridized carbons (Fsp3) is 0.500. The van der Waals surface area contributed by atoms with E-state index in [2.05, 4.69) is 16.6 Å². The predicted octanol–water partition coefficient (Wildman–Crippen LogP) is 1.68. The van der Waals surface area contributed by atoms with Crippen LogP contribution in [0.25, 0.3) is 0 Å². The molecular formula is C14H20N2O2. The molecule has 2 N–H and O–H groups in total. The number of hydrogen-bond donors (Lipinski definition) is 2. The van der Waals surface area contributed by atoms with E-state index in [-0.39, 0.29) is 11.9 Å². The van der Waals surface area contributed by atoms with E-state index in [1.807, 2.05) is 13.0 Å². The van der Waals surface area contributed by atoms with Crippen LogP contribution in [0.4, 0.5) is 0 Å². The van der Waals surface area contributed by atoms with E-state index in [1.165, 1.54) is 0 Å². The molecule has 1 atom stereocenters. The zero-order valence-electron chi connectivity index (χ0n) is 10.7. The van der Waals surface area contributed by atoms with E-state index >= 15 is 0 Å². The summed E-state index contributed by atoms with van der Waals surface area (Å²) in [5.41, 5.74) is 0. The lowest BCUT2D eigenvalue weighted by Crippen LogP contribution is -2.42. The summed E-state index contributed by atoms with van der Waals surface area (Å²) in [5.74, 6) is 3.33. The van der Waals surface area contributed by atoms with Crippen molar-refractivity contribution in [1.29, 1.82) is 0 Å². The molecule has 1 rings (SSSR count). The first-order chi connectivity index (χ1) is 8.74. The molecule has 0 aliphatic rings. The van der Waals surface area contributed by atoms with Gasteiger partial charge in [0.15, 0.2) is 0 Å². The lowest BCUT2D eigenvalue weighted by Gasteiger charge is -2.13. The van der Waals surface area contributed by atoms with Gasteiger partial charge in [0, 0.05) is 6.42 Å². The van der Waals surface area contributed by atoms with Gasteiger partial charge in [0.2, 0.25) is 5.91 Å². The van der Waals surface area contributed by atoms with Gasteiger partial charge in [-0.25, -0.2) is 0 Å². The Bertz CT molecular complexity index is 379. The molecule has 4 nitrogen and oxygen atoms in total. The standard InChI is InChI=1S/C14H20N2O2/c1-3-4-5-6-9-15-12(2)14(17)16-11-13-8-7-10-18-13/h1,7-8,10,12,15H,4-6,9,11H2,2H3,(H,16,17). The van der Waals surface area contributed by atoms with Gasteiger partial charge in [0.25, 0.3) is 0 Å². The minimum absolute atomic E-state index is 0.0247. The molecule has 1 unspecified atom stereocenters. The van der Waals surface area contributed by atoms with Crippen LogP contribution in [-0.4, -0.2) is 18.5 Å². The van der Waals surface area contributed by atoms with Crippen LogP contribution in [0.3, 0.4) is 0 Å². The first-order valence-electron chi connectivity index (χ1n) is 6.21. The molecule has 1 amide bonds. The Kier molecular flexibility index (Phi) is 6.67. The second-order valence-corrected chi connectivity index (χ2v) is 4.13. The minimum atomic E-state index is -0.203. The molecule has 98 valence electrons. The van der Waals surface area contributed by atoms with Crippen LogP contribution < -0.4 is 10.6 Å². The SMILES string of the molecule is C#CCCCCNC(C)C(=O)NCc1ccco1. The van der Waals surface area contributed by atoms with Crippen molar-refractivity contribution in [2.24, 2.45) is 0 Å². The summed E-state index contributed by atoms with van der Waals surface area (Å²) in [6.45, 7) is 3.07. The maximum Gasteiger partial charge on any atom is 0.237 e. The topological polar surface area (TPSA) is 54.3 Å². The molecule has 0 aliphatic heterocycles. The normalized spacial score (nSPS) is 11.8. The predicted molar refractivity (Wildman–Crippen MR) is 70.7 cm³/mol. The van der Waals surface area contributed by atoms with Crippen molar-refractivity contribution in [1.82, 2.24) is 10.6 Å². The van der Waals surface area contributed by atoms with Crippen molar-refractivity contribution in [3.63, 3.8) is 0 Å². The van der Waals surface area contributed by atoms with Crippen LogP contribution in [0, 0.1) is 12.3 Å². The highest BCUT2D eigenvalue weighted by Gasteiger charge is 2.11. The van der Waals surface area contributed by atoms with Crippen LogP contribution in [0.5, 0.6) is 0 Å². The van der Waals surface area contributed by atoms with E-state index in [4.69, 9.17) is 10.8 Å². The second-order valence-electron chi connectivity index (χ2n) is 4.13. The molecule has 0 aliphatic carbocycles. The highest BCUT2D eigenvalue weighted by molar-refractivity contribution is 5.81. The fourth-order valence-corrected chi connectivity index (χ4v) is 1.50. The number of amides is 1. The van der Waals surface area contributed by atoms with Gasteiger partial charge in [-0.1, -0.05) is 0 Å². The monoisotopic (exact) mass is 248 g/mol. The number of carbonyl (C=O) groups excluding carboxylic acids is 1. The van der Waals surface area contributed by atoms with Crippen molar-refractivity contribution >= 4 is 5.91 Å². The summed E-state index contributed by atoms with van der Waals surface area (Å²) in [5, 5.41) is 5.97. The number of hydrogen-bond acceptors (Lipinski definition) is 3. The molecule has 0 bridgehead atoms. The molecule has 0 fully saturated rings. The molecular weight excluding hydrogens is 228 g/mol. The average molecular weight is 248 g/mol. The summed E-state index contributed by atoms with van der Waals surface area (Å²) in [6.07, 6.45) is 9.52. The van der Waals surface area contributed by atoms with Gasteiger partial charge in [-0.3, -0.25) is 4.79 Å². The Labute approximate surface area is 108 Å². The molecule has 4 heteroatoms. The van der Waals surface area contributed by atoms with Gasteiger partial charge in [-0.05, 0) is 38.4 Å². The van der Waals surface area contributed by atoms with Crippen molar-refractivity contribution in [2.45, 2.75) is 38.8 Å². The van der Waals surface area contributed by atoms with Crippen LogP contribution in [0.15, 0.2) is 22.8 Å². The number of rotatable bonds is 8. The summed E-state index contributed by atoms with van der Waals surface area (Å²) in [4.78, 5) is 11.7. The Morgan fingerprint density at radius 1 is 1.56 bits per heavy atom. The van der Waals surface area contributed by atoms with Crippen LogP contribution >= 0.6 is 0 Å². The largest absolute Gasteiger partial charge is 0.467 e. The number of furan rings is 1. The zero-order valence-corrected chi connectivity index (χ0v) is 10.7. The lowest BCUT2D eigenvalue weighted by atomic mass is 10.2. The highest BCUT2D eigenvalue weighted by Crippen LogP contribution is 1.99. The minimum Gasteiger partial charge on any atom is -0.467 e. The highest BCUT2D eigenvalue weighted by atomic mass is 16.3. The molecule has 0 spiro atoms. The Morgan fingerprint density at radius 3 is 3.06 bits per heavy atom. The van der Waals surface area contributed by atoms with Gasteiger partial charge >= 0.3 is 0 Å². The van der Waals surface area contributed by atoms with Gasteiger partial charge in [0.05, 0.1) is 18.8 Å². The van der Waals surface area contributed by atoms with Gasteiger partial charge in [-0.2, -0.15) is 0 Å². The summed E-state index contributed by atoms with van der Waals surface area (Å²) in [7, 11) is 0. The summed E-state index contributed by atoms with van der Waals surface area (Å²) in [6, 6.07) is 3.43. The van der Waals surface area contributed by atoms with E-state index in [0.29, 0.717) is 6.54 Å². The van der Waals surface area contributed by atoms with Gasteiger partial charge < -0.3 is 15.1 Å². The first-order valence-corrected chi connectivity index (χ1v) is 6.21. The molecule has 0 aromatic carbocycles. The van der Waals surface area contributed by atoms with E-state index in [1.54, 1.807) is 12.3 Å². The molecule has 18 heavy (non-hydrogen) atoms. The Morgan fingerprint density at radius 2 is 2.39 bits per heavy atom. The maximum atomic E-state index is 11.7. The van der Waals surface area contributed by atoms with Crippen molar-refractivity contribution in [3.05, 3.63) is 24.2 Å². The Hall–Kier alpha value is -1.73.